The van der Waals surface area contributed by atoms with Crippen LogP contribution in [-0.2, 0) is 6.42 Å². The molecular formula is C20H20O3. The van der Waals surface area contributed by atoms with E-state index in [4.69, 9.17) is 9.47 Å². The van der Waals surface area contributed by atoms with Crippen molar-refractivity contribution in [1.29, 1.82) is 0 Å². The predicted octanol–water partition coefficient (Wildman–Crippen LogP) is 4.24. The van der Waals surface area contributed by atoms with Crippen LogP contribution in [0.1, 0.15) is 15.9 Å². The van der Waals surface area contributed by atoms with Gasteiger partial charge in [0.1, 0.15) is 13.2 Å². The molecule has 0 heterocycles. The molecule has 0 unspecified atom stereocenters. The van der Waals surface area contributed by atoms with Crippen LogP contribution in [0.2, 0.25) is 0 Å². The van der Waals surface area contributed by atoms with E-state index in [1.165, 1.54) is 0 Å². The van der Waals surface area contributed by atoms with Crippen LogP contribution in [-0.4, -0.2) is 19.0 Å². The van der Waals surface area contributed by atoms with Gasteiger partial charge in [0.2, 0.25) is 0 Å². The van der Waals surface area contributed by atoms with Crippen molar-refractivity contribution in [3.05, 3.63) is 85.0 Å². The summed E-state index contributed by atoms with van der Waals surface area (Å²) in [6.07, 6.45) is 3.60. The van der Waals surface area contributed by atoms with Gasteiger partial charge in [0.05, 0.1) is 5.56 Å². The van der Waals surface area contributed by atoms with Crippen molar-refractivity contribution in [2.24, 2.45) is 0 Å². The topological polar surface area (TPSA) is 35.5 Å². The summed E-state index contributed by atoms with van der Waals surface area (Å²) < 4.78 is 11.3. The Labute approximate surface area is 136 Å². The van der Waals surface area contributed by atoms with Crippen LogP contribution < -0.4 is 9.47 Å². The van der Waals surface area contributed by atoms with Crippen LogP contribution in [0, 0.1) is 0 Å². The third-order valence-corrected chi connectivity index (χ3v) is 3.19. The molecule has 0 amide bonds. The normalized spacial score (nSPS) is 9.91. The number of Topliss-reactive ketones (excluding diaryl/α,β-unsaturated/α-hetero) is 1. The first-order valence-electron chi connectivity index (χ1n) is 7.43. The third kappa shape index (κ3) is 4.58. The fraction of sp³-hybridized carbons (Fsp3) is 0.150. The second kappa shape index (κ2) is 8.59. The van der Waals surface area contributed by atoms with E-state index in [1.807, 2.05) is 30.3 Å². The van der Waals surface area contributed by atoms with Crippen LogP contribution in [0.5, 0.6) is 11.5 Å². The van der Waals surface area contributed by atoms with Gasteiger partial charge in [-0.2, -0.15) is 0 Å². The molecule has 0 atom stereocenters. The van der Waals surface area contributed by atoms with E-state index in [0.29, 0.717) is 36.7 Å². The number of rotatable bonds is 9. The molecule has 0 aliphatic heterocycles. The number of benzene rings is 2. The zero-order valence-corrected chi connectivity index (χ0v) is 13.0. The van der Waals surface area contributed by atoms with E-state index in [9.17, 15) is 4.79 Å². The summed E-state index contributed by atoms with van der Waals surface area (Å²) in [4.78, 5) is 12.6. The summed E-state index contributed by atoms with van der Waals surface area (Å²) in [5.41, 5.74) is 1.47. The number of ketones is 1. The van der Waals surface area contributed by atoms with Gasteiger partial charge in [-0.05, 0) is 17.7 Å². The largest absolute Gasteiger partial charge is 0.486 e. The molecule has 0 radical (unpaired) electrons. The van der Waals surface area contributed by atoms with Gasteiger partial charge in [-0.25, -0.2) is 0 Å². The van der Waals surface area contributed by atoms with E-state index in [1.54, 1.807) is 30.4 Å². The first kappa shape index (κ1) is 16.6. The molecule has 0 saturated carbocycles. The van der Waals surface area contributed by atoms with Crippen molar-refractivity contribution in [3.63, 3.8) is 0 Å². The SMILES string of the molecule is C=CCOc1cccc(C(=O)Cc2ccccc2)c1OCC=C. The Bertz CT molecular complexity index is 675. The van der Waals surface area contributed by atoms with Gasteiger partial charge in [-0.15, -0.1) is 0 Å². The molecule has 0 aromatic heterocycles. The average molecular weight is 308 g/mol. The first-order valence-corrected chi connectivity index (χ1v) is 7.43. The number of hydrogen-bond donors (Lipinski definition) is 0. The Morgan fingerprint density at radius 1 is 0.913 bits per heavy atom. The smallest absolute Gasteiger partial charge is 0.172 e. The average Bonchev–Trinajstić information content (AvgIpc) is 2.59. The maximum absolute atomic E-state index is 12.6. The van der Waals surface area contributed by atoms with Gasteiger partial charge >= 0.3 is 0 Å². The Hall–Kier alpha value is -2.81. The lowest BCUT2D eigenvalue weighted by atomic mass is 10.0. The second-order valence-corrected chi connectivity index (χ2v) is 4.92. The summed E-state index contributed by atoms with van der Waals surface area (Å²) in [6, 6.07) is 14.9. The number of para-hydroxylation sites is 1. The highest BCUT2D eigenvalue weighted by atomic mass is 16.5. The lowest BCUT2D eigenvalue weighted by Crippen LogP contribution is -2.09. The highest BCUT2D eigenvalue weighted by molar-refractivity contribution is 6.00. The molecule has 0 spiro atoms. The van der Waals surface area contributed by atoms with Gasteiger partial charge in [0.15, 0.2) is 17.3 Å². The zero-order valence-electron chi connectivity index (χ0n) is 13.0. The highest BCUT2D eigenvalue weighted by Crippen LogP contribution is 2.32. The van der Waals surface area contributed by atoms with E-state index < -0.39 is 0 Å². The molecule has 23 heavy (non-hydrogen) atoms. The summed E-state index contributed by atoms with van der Waals surface area (Å²) >= 11 is 0. The summed E-state index contributed by atoms with van der Waals surface area (Å²) in [6.45, 7) is 7.93. The molecule has 0 aliphatic rings. The molecule has 3 nitrogen and oxygen atoms in total. The number of carbonyl (C=O) groups is 1. The Balaban J connectivity index is 2.29. The van der Waals surface area contributed by atoms with Gasteiger partial charge in [0, 0.05) is 6.42 Å². The van der Waals surface area contributed by atoms with Crippen LogP contribution >= 0.6 is 0 Å². The fourth-order valence-electron chi connectivity index (χ4n) is 2.17. The first-order chi connectivity index (χ1) is 11.3. The van der Waals surface area contributed by atoms with Crippen molar-refractivity contribution < 1.29 is 14.3 Å². The molecule has 0 bridgehead atoms. The third-order valence-electron chi connectivity index (χ3n) is 3.19. The minimum atomic E-state index is -0.0145. The highest BCUT2D eigenvalue weighted by Gasteiger charge is 2.17. The van der Waals surface area contributed by atoms with Crippen molar-refractivity contribution in [3.8, 4) is 11.5 Å². The second-order valence-electron chi connectivity index (χ2n) is 4.92. The van der Waals surface area contributed by atoms with Gasteiger partial charge < -0.3 is 9.47 Å². The molecule has 0 N–H and O–H groups in total. The fourth-order valence-corrected chi connectivity index (χ4v) is 2.17. The quantitative estimate of drug-likeness (QED) is 0.513. The minimum Gasteiger partial charge on any atom is -0.486 e. The number of ether oxygens (including phenoxy) is 2. The van der Waals surface area contributed by atoms with Crippen LogP contribution in [0.25, 0.3) is 0 Å². The van der Waals surface area contributed by atoms with Crippen LogP contribution in [0.15, 0.2) is 73.8 Å². The van der Waals surface area contributed by atoms with Crippen molar-refractivity contribution in [1.82, 2.24) is 0 Å². The lowest BCUT2D eigenvalue weighted by Gasteiger charge is -2.14. The standard InChI is InChI=1S/C20H20O3/c1-3-13-22-19-12-8-11-17(20(19)23-14-4-2)18(21)15-16-9-6-5-7-10-16/h3-12H,1-2,13-15H2. The van der Waals surface area contributed by atoms with Gasteiger partial charge in [-0.1, -0.05) is 61.7 Å². The molecule has 2 aromatic carbocycles. The molecule has 118 valence electrons. The molecule has 0 fully saturated rings. The Kier molecular flexibility index (Phi) is 6.18. The maximum atomic E-state index is 12.6. The van der Waals surface area contributed by atoms with Crippen molar-refractivity contribution >= 4 is 5.78 Å². The summed E-state index contributed by atoms with van der Waals surface area (Å²) in [5.74, 6) is 0.972. The molecule has 3 heteroatoms. The van der Waals surface area contributed by atoms with Crippen molar-refractivity contribution in [2.75, 3.05) is 13.2 Å². The monoisotopic (exact) mass is 308 g/mol. The van der Waals surface area contributed by atoms with Crippen LogP contribution in [0.4, 0.5) is 0 Å². The van der Waals surface area contributed by atoms with E-state index in [-0.39, 0.29) is 5.78 Å². The molecule has 2 rings (SSSR count). The van der Waals surface area contributed by atoms with E-state index in [0.717, 1.165) is 5.56 Å². The number of hydrogen-bond acceptors (Lipinski definition) is 3. The summed E-state index contributed by atoms with van der Waals surface area (Å²) in [7, 11) is 0. The number of carbonyl (C=O) groups excluding carboxylic acids is 1. The van der Waals surface area contributed by atoms with E-state index >= 15 is 0 Å². The molecule has 2 aromatic rings. The lowest BCUT2D eigenvalue weighted by molar-refractivity contribution is 0.0988. The maximum Gasteiger partial charge on any atom is 0.172 e. The molecule has 0 aliphatic carbocycles. The molecule has 0 saturated heterocycles. The Morgan fingerprint density at radius 3 is 2.30 bits per heavy atom. The summed E-state index contributed by atoms with van der Waals surface area (Å²) in [5, 5.41) is 0. The minimum absolute atomic E-state index is 0.0145. The molecular weight excluding hydrogens is 288 g/mol. The van der Waals surface area contributed by atoms with Gasteiger partial charge in [0.25, 0.3) is 0 Å². The zero-order chi connectivity index (χ0) is 16.5. The van der Waals surface area contributed by atoms with Gasteiger partial charge in [-0.3, -0.25) is 4.79 Å². The van der Waals surface area contributed by atoms with Crippen molar-refractivity contribution in [2.45, 2.75) is 6.42 Å². The van der Waals surface area contributed by atoms with Crippen LogP contribution in [0.3, 0.4) is 0 Å². The Morgan fingerprint density at radius 2 is 1.61 bits per heavy atom. The predicted molar refractivity (Wildman–Crippen MR) is 92.3 cm³/mol. The van der Waals surface area contributed by atoms with E-state index in [2.05, 4.69) is 13.2 Å².